The first kappa shape index (κ1) is 22.9. The molecule has 0 unspecified atom stereocenters. The van der Waals surface area contributed by atoms with E-state index < -0.39 is 6.04 Å². The van der Waals surface area contributed by atoms with E-state index in [1.54, 1.807) is 16.7 Å². The summed E-state index contributed by atoms with van der Waals surface area (Å²) >= 11 is 0. The van der Waals surface area contributed by atoms with E-state index in [2.05, 4.69) is 15.6 Å². The number of carbonyl (C=O) groups is 2. The number of carbonyl (C=O) groups excluding carboxylic acids is 2. The molecule has 1 saturated heterocycles. The molecule has 1 fully saturated rings. The van der Waals surface area contributed by atoms with Crippen molar-refractivity contribution in [1.29, 1.82) is 0 Å². The van der Waals surface area contributed by atoms with Crippen LogP contribution in [0.25, 0.3) is 11.0 Å². The fourth-order valence-electron chi connectivity index (χ4n) is 4.09. The van der Waals surface area contributed by atoms with Crippen LogP contribution in [0.2, 0.25) is 0 Å². The number of fused-ring (bicyclic) bond motifs is 1. The number of amides is 2. The Kier molecular flexibility index (Phi) is 7.64. The average Bonchev–Trinajstić information content (AvgIpc) is 3.50. The van der Waals surface area contributed by atoms with E-state index in [1.807, 2.05) is 54.6 Å². The van der Waals surface area contributed by atoms with Gasteiger partial charge in [-0.1, -0.05) is 47.7 Å². The molecule has 1 aliphatic rings. The van der Waals surface area contributed by atoms with Gasteiger partial charge in [0, 0.05) is 26.8 Å². The molecular weight excluding hydrogens is 422 g/mol. The molecule has 2 heterocycles. The minimum Gasteiger partial charge on any atom is -0.383 e. The van der Waals surface area contributed by atoms with Crippen LogP contribution in [0, 0.1) is 0 Å². The highest BCUT2D eigenvalue weighted by molar-refractivity contribution is 5.89. The highest BCUT2D eigenvalue weighted by atomic mass is 16.5. The lowest BCUT2D eigenvalue weighted by atomic mass is 10.0. The summed E-state index contributed by atoms with van der Waals surface area (Å²) in [5.74, 6) is -0.482. The van der Waals surface area contributed by atoms with Crippen molar-refractivity contribution >= 4 is 22.8 Å². The molecule has 2 amide bonds. The second-order valence-corrected chi connectivity index (χ2v) is 8.01. The monoisotopic (exact) mass is 451 g/mol. The standard InChI is InChI=1S/C24H29N5O4/c1-32-15-13-25-24(31)23(18-8-3-2-4-9-18)28(16-19-10-7-14-33-19)22(30)17-29-21-12-6-5-11-20(21)26-27-29/h2-6,8-9,11-12,19,23H,7,10,13-17H2,1H3,(H,25,31)/t19-,23+/m1/s1. The summed E-state index contributed by atoms with van der Waals surface area (Å²) in [7, 11) is 1.58. The van der Waals surface area contributed by atoms with E-state index in [1.165, 1.54) is 0 Å². The van der Waals surface area contributed by atoms with Gasteiger partial charge in [-0.05, 0) is 30.5 Å². The molecule has 0 saturated carbocycles. The van der Waals surface area contributed by atoms with Gasteiger partial charge in [-0.2, -0.15) is 0 Å². The quantitative estimate of drug-likeness (QED) is 0.473. The van der Waals surface area contributed by atoms with Gasteiger partial charge in [0.25, 0.3) is 0 Å². The maximum Gasteiger partial charge on any atom is 0.247 e. The number of para-hydroxylation sites is 1. The maximum absolute atomic E-state index is 13.7. The van der Waals surface area contributed by atoms with Crippen LogP contribution in [0.4, 0.5) is 0 Å². The summed E-state index contributed by atoms with van der Waals surface area (Å²) in [6, 6.07) is 16.0. The number of hydrogen-bond donors (Lipinski definition) is 1. The molecule has 0 bridgehead atoms. The molecule has 174 valence electrons. The zero-order valence-corrected chi connectivity index (χ0v) is 18.7. The lowest BCUT2D eigenvalue weighted by molar-refractivity contribution is -0.143. The third kappa shape index (κ3) is 5.55. The molecule has 2 atom stereocenters. The van der Waals surface area contributed by atoms with Crippen molar-refractivity contribution in [3.8, 4) is 0 Å². The Morgan fingerprint density at radius 1 is 1.21 bits per heavy atom. The van der Waals surface area contributed by atoms with Crippen molar-refractivity contribution < 1.29 is 19.1 Å². The van der Waals surface area contributed by atoms with Crippen LogP contribution in [-0.4, -0.2) is 71.2 Å². The predicted molar refractivity (Wildman–Crippen MR) is 122 cm³/mol. The lowest BCUT2D eigenvalue weighted by Gasteiger charge is -2.33. The summed E-state index contributed by atoms with van der Waals surface area (Å²) in [6.45, 7) is 1.70. The molecule has 3 aromatic rings. The Morgan fingerprint density at radius 3 is 2.76 bits per heavy atom. The number of benzene rings is 2. The fourth-order valence-corrected chi connectivity index (χ4v) is 4.09. The van der Waals surface area contributed by atoms with Gasteiger partial charge in [0.05, 0.1) is 18.2 Å². The number of aromatic nitrogens is 3. The summed E-state index contributed by atoms with van der Waals surface area (Å²) in [5.41, 5.74) is 2.22. The SMILES string of the molecule is COCCNC(=O)[C@H](c1ccccc1)N(C[C@H]1CCCO1)C(=O)Cn1nnc2ccccc21. The van der Waals surface area contributed by atoms with Gasteiger partial charge >= 0.3 is 0 Å². The Bertz CT molecular complexity index is 1060. The smallest absolute Gasteiger partial charge is 0.247 e. The summed E-state index contributed by atoms with van der Waals surface area (Å²) < 4.78 is 12.5. The zero-order chi connectivity index (χ0) is 23.0. The first-order valence-corrected chi connectivity index (χ1v) is 11.2. The molecule has 1 N–H and O–H groups in total. The van der Waals surface area contributed by atoms with Crippen molar-refractivity contribution in [2.75, 3.05) is 33.4 Å². The van der Waals surface area contributed by atoms with Gasteiger partial charge in [-0.25, -0.2) is 4.68 Å². The molecule has 4 rings (SSSR count). The predicted octanol–water partition coefficient (Wildman–Crippen LogP) is 1.94. The maximum atomic E-state index is 13.7. The molecule has 2 aromatic carbocycles. The Balaban J connectivity index is 1.64. The van der Waals surface area contributed by atoms with Crippen LogP contribution >= 0.6 is 0 Å². The van der Waals surface area contributed by atoms with Crippen molar-refractivity contribution in [3.63, 3.8) is 0 Å². The van der Waals surface area contributed by atoms with E-state index in [4.69, 9.17) is 9.47 Å². The Morgan fingerprint density at radius 2 is 2.00 bits per heavy atom. The van der Waals surface area contributed by atoms with E-state index in [0.29, 0.717) is 31.8 Å². The molecule has 9 heteroatoms. The van der Waals surface area contributed by atoms with Crippen molar-refractivity contribution in [3.05, 3.63) is 60.2 Å². The van der Waals surface area contributed by atoms with E-state index in [-0.39, 0.29) is 24.5 Å². The van der Waals surface area contributed by atoms with E-state index in [9.17, 15) is 9.59 Å². The normalized spacial score (nSPS) is 16.6. The van der Waals surface area contributed by atoms with Gasteiger partial charge in [0.2, 0.25) is 11.8 Å². The van der Waals surface area contributed by atoms with Crippen molar-refractivity contribution in [1.82, 2.24) is 25.2 Å². The number of ether oxygens (including phenoxy) is 2. The summed E-state index contributed by atoms with van der Waals surface area (Å²) in [6.07, 6.45) is 1.68. The lowest BCUT2D eigenvalue weighted by Crippen LogP contribution is -2.48. The van der Waals surface area contributed by atoms with Crippen LogP contribution in [0.15, 0.2) is 54.6 Å². The third-order valence-corrected chi connectivity index (χ3v) is 5.73. The van der Waals surface area contributed by atoms with Crippen LogP contribution < -0.4 is 5.32 Å². The van der Waals surface area contributed by atoms with Crippen LogP contribution in [0.3, 0.4) is 0 Å². The Labute approximate surface area is 192 Å². The summed E-state index contributed by atoms with van der Waals surface area (Å²) in [4.78, 5) is 28.6. The molecule has 1 aromatic heterocycles. The second-order valence-electron chi connectivity index (χ2n) is 8.01. The number of nitrogens with one attached hydrogen (secondary N) is 1. The first-order valence-electron chi connectivity index (χ1n) is 11.2. The second kappa shape index (κ2) is 11.0. The molecule has 33 heavy (non-hydrogen) atoms. The fraction of sp³-hybridized carbons (Fsp3) is 0.417. The van der Waals surface area contributed by atoms with Crippen molar-refractivity contribution in [2.24, 2.45) is 0 Å². The average molecular weight is 452 g/mol. The number of hydrogen-bond acceptors (Lipinski definition) is 6. The first-order chi connectivity index (χ1) is 16.2. The van der Waals surface area contributed by atoms with Crippen LogP contribution in [-0.2, 0) is 25.6 Å². The highest BCUT2D eigenvalue weighted by Crippen LogP contribution is 2.25. The van der Waals surface area contributed by atoms with Gasteiger partial charge in [0.1, 0.15) is 18.1 Å². The molecule has 9 nitrogen and oxygen atoms in total. The van der Waals surface area contributed by atoms with Gasteiger partial charge < -0.3 is 19.7 Å². The van der Waals surface area contributed by atoms with Crippen LogP contribution in [0.1, 0.15) is 24.4 Å². The summed E-state index contributed by atoms with van der Waals surface area (Å²) in [5, 5.41) is 11.2. The van der Waals surface area contributed by atoms with Gasteiger partial charge in [0.15, 0.2) is 0 Å². The topological polar surface area (TPSA) is 98.6 Å². The molecule has 0 radical (unpaired) electrons. The van der Waals surface area contributed by atoms with E-state index >= 15 is 0 Å². The number of nitrogens with zero attached hydrogens (tertiary/aromatic N) is 4. The third-order valence-electron chi connectivity index (χ3n) is 5.73. The minimum absolute atomic E-state index is 0.0259. The number of methoxy groups -OCH3 is 1. The molecule has 1 aliphatic heterocycles. The Hall–Kier alpha value is -3.30. The van der Waals surface area contributed by atoms with Crippen molar-refractivity contribution in [2.45, 2.75) is 31.5 Å². The molecule has 0 aliphatic carbocycles. The highest BCUT2D eigenvalue weighted by Gasteiger charge is 2.34. The minimum atomic E-state index is -0.797. The molecular formula is C24H29N5O4. The zero-order valence-electron chi connectivity index (χ0n) is 18.7. The largest absolute Gasteiger partial charge is 0.383 e. The molecule has 0 spiro atoms. The van der Waals surface area contributed by atoms with Gasteiger partial charge in [-0.15, -0.1) is 5.10 Å². The van der Waals surface area contributed by atoms with Gasteiger partial charge in [-0.3, -0.25) is 9.59 Å². The number of rotatable bonds is 10. The van der Waals surface area contributed by atoms with Crippen LogP contribution in [0.5, 0.6) is 0 Å². The van der Waals surface area contributed by atoms with E-state index in [0.717, 1.165) is 23.9 Å².